The molecule has 24 heavy (non-hydrogen) atoms. The van der Waals surface area contributed by atoms with Gasteiger partial charge in [-0.3, -0.25) is 9.59 Å². The van der Waals surface area contributed by atoms with Crippen molar-refractivity contribution in [1.29, 1.82) is 0 Å². The van der Waals surface area contributed by atoms with Gasteiger partial charge in [0.25, 0.3) is 0 Å². The standard InChI is InChI=1S/C9H17NO5.4CH4O.H2O/c1-9(2,5-11)7(14)8(15)10-4-3-6(12)13;4*1-2;/h7,11,14H,3-5H2,1-2H3,(H,10,15)(H,12,13);4*2H,1H3;1H2. The number of aliphatic carboxylic acids is 1. The van der Waals surface area contributed by atoms with Crippen LogP contribution in [-0.2, 0) is 9.59 Å². The number of carbonyl (C=O) groups excluding carboxylic acids is 1. The summed E-state index contributed by atoms with van der Waals surface area (Å²) in [6.45, 7) is 2.70. The molecule has 0 aliphatic rings. The molecule has 0 heterocycles. The molecular weight excluding hydrogens is 330 g/mol. The van der Waals surface area contributed by atoms with Crippen molar-refractivity contribution < 1.29 is 50.8 Å². The van der Waals surface area contributed by atoms with E-state index in [1.54, 1.807) is 0 Å². The number of aliphatic hydroxyl groups is 6. The van der Waals surface area contributed by atoms with E-state index in [9.17, 15) is 14.7 Å². The van der Waals surface area contributed by atoms with Crippen LogP contribution in [0.3, 0.4) is 0 Å². The quantitative estimate of drug-likeness (QED) is 0.234. The van der Waals surface area contributed by atoms with Gasteiger partial charge in [-0.1, -0.05) is 13.8 Å². The molecule has 0 fully saturated rings. The lowest BCUT2D eigenvalue weighted by molar-refractivity contribution is -0.138. The van der Waals surface area contributed by atoms with E-state index in [2.05, 4.69) is 5.32 Å². The second-order valence-electron chi connectivity index (χ2n) is 3.98. The van der Waals surface area contributed by atoms with Crippen LogP contribution in [0.1, 0.15) is 20.3 Å². The molecule has 0 rings (SSSR count). The molecule has 0 spiro atoms. The monoisotopic (exact) mass is 365 g/mol. The second kappa shape index (κ2) is 29.6. The Morgan fingerprint density at radius 3 is 1.54 bits per heavy atom. The lowest BCUT2D eigenvalue weighted by atomic mass is 9.87. The third-order valence-corrected chi connectivity index (χ3v) is 2.03. The van der Waals surface area contributed by atoms with Gasteiger partial charge >= 0.3 is 5.97 Å². The highest BCUT2D eigenvalue weighted by Gasteiger charge is 2.32. The highest BCUT2D eigenvalue weighted by molar-refractivity contribution is 5.81. The Kier molecular flexibility index (Phi) is 47.3. The van der Waals surface area contributed by atoms with Gasteiger partial charge in [0.15, 0.2) is 0 Å². The molecule has 1 atom stereocenters. The summed E-state index contributed by atoms with van der Waals surface area (Å²) in [7, 11) is 4.00. The predicted molar refractivity (Wildman–Crippen MR) is 88.3 cm³/mol. The summed E-state index contributed by atoms with van der Waals surface area (Å²) in [6.07, 6.45) is -1.55. The maximum absolute atomic E-state index is 11.3. The average molecular weight is 365 g/mol. The Hall–Kier alpha value is -1.34. The first-order valence-corrected chi connectivity index (χ1v) is 6.38. The minimum absolute atomic E-state index is 0. The van der Waals surface area contributed by atoms with Crippen molar-refractivity contribution in [2.45, 2.75) is 26.4 Å². The molecule has 152 valence electrons. The number of carboxylic acid groups (broad SMARTS) is 1. The van der Waals surface area contributed by atoms with Gasteiger partial charge in [0, 0.05) is 40.4 Å². The van der Waals surface area contributed by atoms with Crippen LogP contribution < -0.4 is 5.32 Å². The molecule has 0 aromatic carbocycles. The van der Waals surface area contributed by atoms with Crippen molar-refractivity contribution >= 4 is 11.9 Å². The molecule has 0 saturated heterocycles. The van der Waals surface area contributed by atoms with Gasteiger partial charge in [0.1, 0.15) is 6.10 Å². The van der Waals surface area contributed by atoms with Crippen LogP contribution in [0.2, 0.25) is 0 Å². The number of nitrogens with one attached hydrogen (secondary N) is 1. The summed E-state index contributed by atoms with van der Waals surface area (Å²) in [5.41, 5.74) is -0.937. The largest absolute Gasteiger partial charge is 0.481 e. The highest BCUT2D eigenvalue weighted by Crippen LogP contribution is 2.19. The minimum Gasteiger partial charge on any atom is -0.481 e. The summed E-state index contributed by atoms with van der Waals surface area (Å²) >= 11 is 0. The van der Waals surface area contributed by atoms with Crippen LogP contribution in [0.15, 0.2) is 0 Å². The van der Waals surface area contributed by atoms with Crippen molar-refractivity contribution in [3.63, 3.8) is 0 Å². The third kappa shape index (κ3) is 25.6. The zero-order valence-corrected chi connectivity index (χ0v) is 15.1. The molecule has 0 radical (unpaired) electrons. The summed E-state index contributed by atoms with van der Waals surface area (Å²) in [5.74, 6) is -1.69. The Morgan fingerprint density at radius 1 is 0.958 bits per heavy atom. The summed E-state index contributed by atoms with van der Waals surface area (Å²) in [6, 6.07) is 0. The number of hydrogen-bond donors (Lipinski definition) is 8. The van der Waals surface area contributed by atoms with Crippen molar-refractivity contribution in [2.24, 2.45) is 5.41 Å². The van der Waals surface area contributed by atoms with Gasteiger partial charge in [-0.15, -0.1) is 0 Å². The smallest absolute Gasteiger partial charge is 0.305 e. The highest BCUT2D eigenvalue weighted by atomic mass is 16.4. The number of rotatable bonds is 6. The van der Waals surface area contributed by atoms with Crippen LogP contribution >= 0.6 is 0 Å². The van der Waals surface area contributed by atoms with E-state index in [4.69, 9.17) is 30.6 Å². The maximum Gasteiger partial charge on any atom is 0.305 e. The molecule has 0 bridgehead atoms. The first-order chi connectivity index (χ1) is 10.8. The van der Waals surface area contributed by atoms with Crippen LogP contribution in [0.5, 0.6) is 0 Å². The molecule has 0 aromatic heterocycles. The van der Waals surface area contributed by atoms with E-state index in [1.807, 2.05) is 0 Å². The van der Waals surface area contributed by atoms with Gasteiger partial charge in [-0.2, -0.15) is 0 Å². The molecule has 1 unspecified atom stereocenters. The zero-order chi connectivity index (χ0) is 20.1. The number of carbonyl (C=O) groups is 2. The van der Waals surface area contributed by atoms with E-state index in [1.165, 1.54) is 13.8 Å². The minimum atomic E-state index is -1.35. The van der Waals surface area contributed by atoms with Gasteiger partial charge in [-0.25, -0.2) is 0 Å². The van der Waals surface area contributed by atoms with Crippen molar-refractivity contribution in [1.82, 2.24) is 5.32 Å². The third-order valence-electron chi connectivity index (χ3n) is 2.03. The predicted octanol–water partition coefficient (Wildman–Crippen LogP) is -3.43. The molecule has 10 N–H and O–H groups in total. The Bertz CT molecular complexity index is 249. The van der Waals surface area contributed by atoms with Gasteiger partial charge in [0.05, 0.1) is 13.0 Å². The molecule has 1 amide bonds. The molecular formula is C13H35NO10. The molecule has 11 nitrogen and oxygen atoms in total. The number of carboxylic acids is 1. The number of aliphatic hydroxyl groups excluding tert-OH is 6. The molecule has 0 aromatic rings. The molecule has 0 aliphatic carbocycles. The van der Waals surface area contributed by atoms with E-state index < -0.39 is 23.4 Å². The zero-order valence-electron chi connectivity index (χ0n) is 15.1. The normalized spacial score (nSPS) is 9.33. The first-order valence-electron chi connectivity index (χ1n) is 6.38. The molecule has 11 heteroatoms. The average Bonchev–Trinajstić information content (AvgIpc) is 2.60. The van der Waals surface area contributed by atoms with E-state index in [0.29, 0.717) is 0 Å². The van der Waals surface area contributed by atoms with Crippen LogP contribution in [0, 0.1) is 5.41 Å². The van der Waals surface area contributed by atoms with Gasteiger partial charge in [-0.05, 0) is 0 Å². The fourth-order valence-corrected chi connectivity index (χ4v) is 0.831. The molecule has 0 saturated carbocycles. The van der Waals surface area contributed by atoms with E-state index >= 15 is 0 Å². The van der Waals surface area contributed by atoms with Crippen LogP contribution in [0.4, 0.5) is 0 Å². The van der Waals surface area contributed by atoms with Crippen molar-refractivity contribution in [2.75, 3.05) is 41.6 Å². The van der Waals surface area contributed by atoms with Gasteiger partial charge < -0.3 is 46.5 Å². The van der Waals surface area contributed by atoms with Crippen molar-refractivity contribution in [3.8, 4) is 0 Å². The summed E-state index contributed by atoms with van der Waals surface area (Å²) in [4.78, 5) is 21.4. The Labute approximate surface area is 142 Å². The topological polar surface area (TPSA) is 219 Å². The van der Waals surface area contributed by atoms with Crippen LogP contribution in [0.25, 0.3) is 0 Å². The maximum atomic E-state index is 11.3. The summed E-state index contributed by atoms with van der Waals surface area (Å²) in [5, 5.41) is 57.0. The Balaban J connectivity index is -0.0000000782. The van der Waals surface area contributed by atoms with Crippen molar-refractivity contribution in [3.05, 3.63) is 0 Å². The fourth-order valence-electron chi connectivity index (χ4n) is 0.831. The lowest BCUT2D eigenvalue weighted by Gasteiger charge is -2.26. The number of hydrogen-bond acceptors (Lipinski definition) is 8. The molecule has 0 aliphatic heterocycles. The second-order valence-corrected chi connectivity index (χ2v) is 3.98. The number of amides is 1. The summed E-state index contributed by atoms with van der Waals surface area (Å²) < 4.78 is 0. The first kappa shape index (κ1) is 38.3. The SMILES string of the molecule is CC(C)(CO)C(O)C(=O)NCCC(=O)O.CO.CO.CO.CO.O. The van der Waals surface area contributed by atoms with Crippen LogP contribution in [-0.4, -0.2) is 101 Å². The van der Waals surface area contributed by atoms with E-state index in [-0.39, 0.29) is 25.0 Å². The lowest BCUT2D eigenvalue weighted by Crippen LogP contribution is -2.45. The fraction of sp³-hybridized carbons (Fsp3) is 0.846. The van der Waals surface area contributed by atoms with E-state index in [0.717, 1.165) is 28.4 Å². The van der Waals surface area contributed by atoms with Gasteiger partial charge in [0.2, 0.25) is 5.91 Å². The Morgan fingerprint density at radius 2 is 1.29 bits per heavy atom.